The summed E-state index contributed by atoms with van der Waals surface area (Å²) < 4.78 is 2.02. The average Bonchev–Trinajstić information content (AvgIpc) is 3.22. The molecule has 4 rings (SSSR count). The van der Waals surface area contributed by atoms with Crippen molar-refractivity contribution in [2.45, 2.75) is 29.2 Å². The van der Waals surface area contributed by atoms with Crippen molar-refractivity contribution < 1.29 is 4.79 Å². The normalized spacial score (nSPS) is 12.4. The van der Waals surface area contributed by atoms with Crippen LogP contribution in [0.1, 0.15) is 12.8 Å². The number of carbonyl (C=O) groups excluding carboxylic acids is 1. The lowest BCUT2D eigenvalue weighted by Crippen LogP contribution is -2.30. The molecule has 1 aromatic heterocycles. The minimum Gasteiger partial charge on any atom is -0.356 e. The van der Waals surface area contributed by atoms with Crippen molar-refractivity contribution in [2.75, 3.05) is 18.0 Å². The van der Waals surface area contributed by atoms with Crippen LogP contribution in [0.15, 0.2) is 77.0 Å². The summed E-state index contributed by atoms with van der Waals surface area (Å²) in [6, 6.07) is 16.8. The Bertz CT molecular complexity index is 865. The summed E-state index contributed by atoms with van der Waals surface area (Å²) in [5, 5.41) is 3.03. The van der Waals surface area contributed by atoms with Crippen molar-refractivity contribution in [3.8, 4) is 0 Å². The first-order valence-corrected chi connectivity index (χ1v) is 9.99. The van der Waals surface area contributed by atoms with E-state index in [2.05, 4.69) is 63.7 Å². The van der Waals surface area contributed by atoms with Crippen LogP contribution in [-0.4, -0.2) is 28.5 Å². The predicted octanol–water partition coefficient (Wildman–Crippen LogP) is 4.08. The van der Waals surface area contributed by atoms with E-state index in [0.29, 0.717) is 19.5 Å². The van der Waals surface area contributed by atoms with Crippen molar-refractivity contribution in [3.05, 3.63) is 67.3 Å². The average molecular weight is 379 g/mol. The number of carbonyl (C=O) groups is 1. The molecule has 0 unspecified atom stereocenters. The number of anilines is 2. The van der Waals surface area contributed by atoms with Crippen LogP contribution in [0.5, 0.6) is 0 Å². The number of nitrogens with one attached hydrogen (secondary N) is 1. The maximum Gasteiger partial charge on any atom is 0.221 e. The Labute approximate surface area is 163 Å². The van der Waals surface area contributed by atoms with Gasteiger partial charge in [-0.3, -0.25) is 4.79 Å². The topological polar surface area (TPSA) is 50.2 Å². The number of nitrogens with zero attached hydrogens (tertiary/aromatic N) is 3. The summed E-state index contributed by atoms with van der Waals surface area (Å²) >= 11 is 1.79. The van der Waals surface area contributed by atoms with Gasteiger partial charge in [-0.1, -0.05) is 36.0 Å². The van der Waals surface area contributed by atoms with Crippen molar-refractivity contribution in [1.82, 2.24) is 14.9 Å². The molecule has 3 aromatic rings. The highest BCUT2D eigenvalue weighted by molar-refractivity contribution is 7.99. The fourth-order valence-corrected chi connectivity index (χ4v) is 4.33. The van der Waals surface area contributed by atoms with Gasteiger partial charge in [0.1, 0.15) is 0 Å². The summed E-state index contributed by atoms with van der Waals surface area (Å²) in [5.74, 6) is 0.0915. The van der Waals surface area contributed by atoms with Gasteiger partial charge in [0.05, 0.1) is 17.7 Å². The van der Waals surface area contributed by atoms with E-state index in [0.717, 1.165) is 13.0 Å². The molecule has 1 amide bonds. The summed E-state index contributed by atoms with van der Waals surface area (Å²) in [5.41, 5.74) is 2.35. The minimum absolute atomic E-state index is 0.0915. The molecule has 138 valence electrons. The number of hydrogen-bond acceptors (Lipinski definition) is 4. The van der Waals surface area contributed by atoms with Crippen LogP contribution >= 0.6 is 11.8 Å². The Hall–Kier alpha value is -2.73. The van der Waals surface area contributed by atoms with Gasteiger partial charge in [-0.15, -0.1) is 0 Å². The molecule has 0 saturated heterocycles. The van der Waals surface area contributed by atoms with Gasteiger partial charge in [-0.25, -0.2) is 4.98 Å². The Balaban J connectivity index is 1.34. The largest absolute Gasteiger partial charge is 0.356 e. The van der Waals surface area contributed by atoms with E-state index in [1.54, 1.807) is 24.3 Å². The first kappa shape index (κ1) is 17.7. The smallest absolute Gasteiger partial charge is 0.221 e. The Kier molecular flexibility index (Phi) is 5.44. The van der Waals surface area contributed by atoms with Gasteiger partial charge in [0.25, 0.3) is 0 Å². The molecule has 2 heterocycles. The molecule has 0 atom stereocenters. The molecular formula is C21H22N4OS. The molecule has 27 heavy (non-hydrogen) atoms. The van der Waals surface area contributed by atoms with Gasteiger partial charge in [0.2, 0.25) is 5.91 Å². The van der Waals surface area contributed by atoms with Crippen molar-refractivity contribution in [2.24, 2.45) is 0 Å². The van der Waals surface area contributed by atoms with Gasteiger partial charge in [-0.05, 0) is 30.7 Å². The van der Waals surface area contributed by atoms with Crippen molar-refractivity contribution >= 4 is 29.0 Å². The van der Waals surface area contributed by atoms with Gasteiger partial charge in [0.15, 0.2) is 0 Å². The molecule has 0 spiro atoms. The monoisotopic (exact) mass is 378 g/mol. The Morgan fingerprint density at radius 1 is 1.00 bits per heavy atom. The lowest BCUT2D eigenvalue weighted by molar-refractivity contribution is -0.120. The number of imidazole rings is 1. The van der Waals surface area contributed by atoms with E-state index in [-0.39, 0.29) is 5.91 Å². The third-order valence-electron chi connectivity index (χ3n) is 4.57. The van der Waals surface area contributed by atoms with Crippen molar-refractivity contribution in [1.29, 1.82) is 0 Å². The maximum absolute atomic E-state index is 12.3. The number of rotatable bonds is 7. The molecule has 1 aliphatic rings. The fourth-order valence-electron chi connectivity index (χ4n) is 3.23. The van der Waals surface area contributed by atoms with Gasteiger partial charge in [-0.2, -0.15) is 0 Å². The SMILES string of the molecule is O=C(CCN1c2ccccc2Sc2ccccc21)NCCCn1ccnc1. The van der Waals surface area contributed by atoms with E-state index in [9.17, 15) is 4.79 Å². The lowest BCUT2D eigenvalue weighted by atomic mass is 10.2. The molecule has 1 N–H and O–H groups in total. The molecule has 1 aliphatic heterocycles. The number of aromatic nitrogens is 2. The number of para-hydroxylation sites is 2. The third kappa shape index (κ3) is 4.17. The number of hydrogen-bond donors (Lipinski definition) is 1. The molecular weight excluding hydrogens is 356 g/mol. The number of benzene rings is 2. The molecule has 2 aromatic carbocycles. The Morgan fingerprint density at radius 3 is 2.37 bits per heavy atom. The second-order valence-corrected chi connectivity index (χ2v) is 7.53. The molecule has 0 fully saturated rings. The minimum atomic E-state index is 0.0915. The van der Waals surface area contributed by atoms with Crippen LogP contribution < -0.4 is 10.2 Å². The maximum atomic E-state index is 12.3. The van der Waals surface area contributed by atoms with E-state index in [4.69, 9.17) is 0 Å². The zero-order valence-corrected chi connectivity index (χ0v) is 15.9. The summed E-state index contributed by atoms with van der Waals surface area (Å²) in [7, 11) is 0. The third-order valence-corrected chi connectivity index (χ3v) is 5.70. The number of fused-ring (bicyclic) bond motifs is 2. The zero-order chi connectivity index (χ0) is 18.5. The van der Waals surface area contributed by atoms with E-state index in [1.165, 1.54) is 21.2 Å². The quantitative estimate of drug-likeness (QED) is 0.630. The van der Waals surface area contributed by atoms with Gasteiger partial charge in [0, 0.05) is 48.2 Å². The van der Waals surface area contributed by atoms with Crippen LogP contribution in [0.25, 0.3) is 0 Å². The zero-order valence-electron chi connectivity index (χ0n) is 15.0. The van der Waals surface area contributed by atoms with E-state index in [1.807, 2.05) is 10.8 Å². The van der Waals surface area contributed by atoms with E-state index < -0.39 is 0 Å². The first-order valence-electron chi connectivity index (χ1n) is 9.17. The summed E-state index contributed by atoms with van der Waals surface area (Å²) in [6.45, 7) is 2.21. The highest BCUT2D eigenvalue weighted by Crippen LogP contribution is 2.47. The molecule has 0 saturated carbocycles. The molecule has 0 aliphatic carbocycles. The fraction of sp³-hybridized carbons (Fsp3) is 0.238. The summed E-state index contributed by atoms with van der Waals surface area (Å²) in [6.07, 6.45) is 6.87. The molecule has 0 radical (unpaired) electrons. The van der Waals surface area contributed by atoms with Crippen LogP contribution in [0, 0.1) is 0 Å². The second-order valence-electron chi connectivity index (χ2n) is 6.44. The lowest BCUT2D eigenvalue weighted by Gasteiger charge is -2.32. The van der Waals surface area contributed by atoms with Crippen molar-refractivity contribution in [3.63, 3.8) is 0 Å². The van der Waals surface area contributed by atoms with E-state index >= 15 is 0 Å². The highest BCUT2D eigenvalue weighted by Gasteiger charge is 2.22. The predicted molar refractivity (Wildman–Crippen MR) is 108 cm³/mol. The van der Waals surface area contributed by atoms with Gasteiger partial charge >= 0.3 is 0 Å². The number of aryl methyl sites for hydroxylation is 1. The standard InChI is InChI=1S/C21H22N4OS/c26-21(23-11-5-13-24-15-12-22-16-24)10-14-25-17-6-1-3-8-19(17)27-20-9-4-2-7-18(20)25/h1-4,6-9,12,15-16H,5,10-11,13-14H2,(H,23,26). The van der Waals surface area contributed by atoms with Crippen LogP contribution in [0.4, 0.5) is 11.4 Å². The van der Waals surface area contributed by atoms with Crippen LogP contribution in [-0.2, 0) is 11.3 Å². The van der Waals surface area contributed by atoms with Crippen LogP contribution in [0.2, 0.25) is 0 Å². The summed E-state index contributed by atoms with van der Waals surface area (Å²) in [4.78, 5) is 21.1. The van der Waals surface area contributed by atoms with Gasteiger partial charge < -0.3 is 14.8 Å². The molecule has 6 heteroatoms. The Morgan fingerprint density at radius 2 is 1.70 bits per heavy atom. The highest BCUT2D eigenvalue weighted by atomic mass is 32.2. The first-order chi connectivity index (χ1) is 13.3. The van der Waals surface area contributed by atoms with Crippen LogP contribution in [0.3, 0.4) is 0 Å². The molecule has 5 nitrogen and oxygen atoms in total. The number of amides is 1. The molecule has 0 bridgehead atoms. The second kappa shape index (κ2) is 8.31.